The van der Waals surface area contributed by atoms with Crippen molar-refractivity contribution >= 4 is 11.6 Å². The highest BCUT2D eigenvalue weighted by Crippen LogP contribution is 2.19. The fourth-order valence-corrected chi connectivity index (χ4v) is 3.75. The molecule has 0 radical (unpaired) electrons. The number of carbonyl (C=O) groups is 1. The number of nitrogens with one attached hydrogen (secondary N) is 2. The predicted octanol–water partition coefficient (Wildman–Crippen LogP) is 3.00. The van der Waals surface area contributed by atoms with Crippen LogP contribution in [0, 0.1) is 5.92 Å². The Labute approximate surface area is 139 Å². The molecule has 2 aliphatic rings. The maximum Gasteiger partial charge on any atom is 0.225 e. The second kappa shape index (κ2) is 7.93. The van der Waals surface area contributed by atoms with Gasteiger partial charge in [-0.1, -0.05) is 19.1 Å². The topological polar surface area (TPSA) is 44.4 Å². The third-order valence-electron chi connectivity index (χ3n) is 4.98. The van der Waals surface area contributed by atoms with E-state index in [1.165, 1.54) is 37.9 Å². The zero-order valence-corrected chi connectivity index (χ0v) is 14.2. The standard InChI is InChI=1S/C19H29N3O/c1-15-4-3-11-22(13-15)14-16-6-8-17(9-7-16)21-19(23)12-18-5-2-10-20-18/h6-9,15,18,20H,2-5,10-14H2,1H3,(H,21,23). The van der Waals surface area contributed by atoms with Crippen LogP contribution in [-0.4, -0.2) is 36.5 Å². The molecule has 2 N–H and O–H groups in total. The number of rotatable bonds is 5. The first-order valence-corrected chi connectivity index (χ1v) is 9.03. The summed E-state index contributed by atoms with van der Waals surface area (Å²) in [6, 6.07) is 8.70. The molecule has 2 fully saturated rings. The SMILES string of the molecule is CC1CCCN(Cc2ccc(NC(=O)CC3CCCN3)cc2)C1. The number of hydrogen-bond donors (Lipinski definition) is 2. The molecule has 1 aromatic carbocycles. The van der Waals surface area contributed by atoms with E-state index >= 15 is 0 Å². The average molecular weight is 315 g/mol. The number of hydrogen-bond acceptors (Lipinski definition) is 3. The minimum atomic E-state index is 0.113. The molecule has 4 heteroatoms. The molecule has 3 rings (SSSR count). The summed E-state index contributed by atoms with van der Waals surface area (Å²) in [7, 11) is 0. The van der Waals surface area contributed by atoms with Crippen molar-refractivity contribution in [2.75, 3.05) is 25.0 Å². The van der Waals surface area contributed by atoms with Gasteiger partial charge >= 0.3 is 0 Å². The molecule has 2 aliphatic heterocycles. The minimum absolute atomic E-state index is 0.113. The summed E-state index contributed by atoms with van der Waals surface area (Å²) in [6.45, 7) is 6.81. The van der Waals surface area contributed by atoms with Crippen molar-refractivity contribution in [3.8, 4) is 0 Å². The van der Waals surface area contributed by atoms with Gasteiger partial charge in [-0.2, -0.15) is 0 Å². The maximum absolute atomic E-state index is 12.0. The van der Waals surface area contributed by atoms with Crippen molar-refractivity contribution in [3.05, 3.63) is 29.8 Å². The van der Waals surface area contributed by atoms with Gasteiger partial charge in [0.1, 0.15) is 0 Å². The van der Waals surface area contributed by atoms with Gasteiger partial charge in [-0.3, -0.25) is 9.69 Å². The van der Waals surface area contributed by atoms with Crippen LogP contribution < -0.4 is 10.6 Å². The molecule has 2 unspecified atom stereocenters. The van der Waals surface area contributed by atoms with Crippen LogP contribution in [0.3, 0.4) is 0 Å². The molecule has 0 aromatic heterocycles. The van der Waals surface area contributed by atoms with Gasteiger partial charge in [0.2, 0.25) is 5.91 Å². The Bertz CT molecular complexity index is 508. The van der Waals surface area contributed by atoms with Crippen LogP contribution in [0.1, 0.15) is 44.6 Å². The predicted molar refractivity (Wildman–Crippen MR) is 94.4 cm³/mol. The molecule has 0 bridgehead atoms. The van der Waals surface area contributed by atoms with Crippen molar-refractivity contribution in [1.82, 2.24) is 10.2 Å². The van der Waals surface area contributed by atoms with Crippen LogP contribution in [-0.2, 0) is 11.3 Å². The fourth-order valence-electron chi connectivity index (χ4n) is 3.75. The Kier molecular flexibility index (Phi) is 5.68. The molecule has 0 spiro atoms. The first-order valence-electron chi connectivity index (χ1n) is 9.03. The van der Waals surface area contributed by atoms with Gasteiger partial charge in [0.05, 0.1) is 0 Å². The normalized spacial score (nSPS) is 25.4. The van der Waals surface area contributed by atoms with Crippen LogP contribution in [0.5, 0.6) is 0 Å². The first kappa shape index (κ1) is 16.5. The summed E-state index contributed by atoms with van der Waals surface area (Å²) in [5.74, 6) is 0.925. The van der Waals surface area contributed by atoms with E-state index in [0.717, 1.165) is 31.1 Å². The number of piperidine rings is 1. The third-order valence-corrected chi connectivity index (χ3v) is 4.98. The van der Waals surface area contributed by atoms with Gasteiger partial charge in [0.15, 0.2) is 0 Å². The number of anilines is 1. The highest BCUT2D eigenvalue weighted by Gasteiger charge is 2.18. The largest absolute Gasteiger partial charge is 0.326 e. The first-order chi connectivity index (χ1) is 11.2. The fraction of sp³-hybridized carbons (Fsp3) is 0.632. The lowest BCUT2D eigenvalue weighted by atomic mass is 10.00. The molecule has 0 saturated carbocycles. The van der Waals surface area contributed by atoms with E-state index in [1.54, 1.807) is 0 Å². The van der Waals surface area contributed by atoms with E-state index in [2.05, 4.69) is 34.6 Å². The van der Waals surface area contributed by atoms with Gasteiger partial charge in [-0.05, 0) is 62.4 Å². The summed E-state index contributed by atoms with van der Waals surface area (Å²) < 4.78 is 0. The second-order valence-electron chi connectivity index (χ2n) is 7.23. The zero-order chi connectivity index (χ0) is 16.1. The van der Waals surface area contributed by atoms with Crippen molar-refractivity contribution < 1.29 is 4.79 Å². The van der Waals surface area contributed by atoms with E-state index in [4.69, 9.17) is 0 Å². The average Bonchev–Trinajstić information content (AvgIpc) is 3.02. The highest BCUT2D eigenvalue weighted by molar-refractivity contribution is 5.91. The number of likely N-dealkylation sites (tertiary alicyclic amines) is 1. The smallest absolute Gasteiger partial charge is 0.225 e. The van der Waals surface area contributed by atoms with Crippen LogP contribution in [0.25, 0.3) is 0 Å². The van der Waals surface area contributed by atoms with Crippen LogP contribution in [0.2, 0.25) is 0 Å². The molecule has 23 heavy (non-hydrogen) atoms. The van der Waals surface area contributed by atoms with E-state index in [0.29, 0.717) is 12.5 Å². The van der Waals surface area contributed by atoms with E-state index in [-0.39, 0.29) is 5.91 Å². The van der Waals surface area contributed by atoms with Crippen LogP contribution in [0.15, 0.2) is 24.3 Å². The molecule has 1 aromatic rings. The van der Waals surface area contributed by atoms with Gasteiger partial charge in [-0.15, -0.1) is 0 Å². The molecule has 0 aliphatic carbocycles. The Balaban J connectivity index is 1.47. The molecule has 1 amide bonds. The number of amides is 1. The quantitative estimate of drug-likeness (QED) is 0.878. The van der Waals surface area contributed by atoms with Gasteiger partial charge < -0.3 is 10.6 Å². The zero-order valence-electron chi connectivity index (χ0n) is 14.2. The second-order valence-corrected chi connectivity index (χ2v) is 7.23. The molecular formula is C19H29N3O. The summed E-state index contributed by atoms with van der Waals surface area (Å²) in [4.78, 5) is 14.6. The Morgan fingerprint density at radius 2 is 2.09 bits per heavy atom. The monoisotopic (exact) mass is 315 g/mol. The van der Waals surface area contributed by atoms with Crippen LogP contribution in [0.4, 0.5) is 5.69 Å². The molecular weight excluding hydrogens is 286 g/mol. The lowest BCUT2D eigenvalue weighted by Gasteiger charge is -2.30. The third kappa shape index (κ3) is 5.05. The molecule has 126 valence electrons. The molecule has 2 heterocycles. The molecule has 2 atom stereocenters. The van der Waals surface area contributed by atoms with Crippen molar-refractivity contribution in [2.45, 2.75) is 51.6 Å². The lowest BCUT2D eigenvalue weighted by Crippen LogP contribution is -2.33. The number of benzene rings is 1. The van der Waals surface area contributed by atoms with Crippen LogP contribution >= 0.6 is 0 Å². The van der Waals surface area contributed by atoms with E-state index in [9.17, 15) is 4.79 Å². The lowest BCUT2D eigenvalue weighted by molar-refractivity contribution is -0.116. The molecule has 2 saturated heterocycles. The van der Waals surface area contributed by atoms with Crippen molar-refractivity contribution in [3.63, 3.8) is 0 Å². The Morgan fingerprint density at radius 3 is 2.78 bits per heavy atom. The van der Waals surface area contributed by atoms with Gasteiger partial charge in [-0.25, -0.2) is 0 Å². The van der Waals surface area contributed by atoms with Gasteiger partial charge in [0, 0.05) is 31.2 Å². The minimum Gasteiger partial charge on any atom is -0.326 e. The number of carbonyl (C=O) groups excluding carboxylic acids is 1. The van der Waals surface area contributed by atoms with Gasteiger partial charge in [0.25, 0.3) is 0 Å². The summed E-state index contributed by atoms with van der Waals surface area (Å²) in [5.41, 5.74) is 2.23. The maximum atomic E-state index is 12.0. The van der Waals surface area contributed by atoms with E-state index < -0.39 is 0 Å². The Hall–Kier alpha value is -1.39. The van der Waals surface area contributed by atoms with E-state index in [1.807, 2.05) is 12.1 Å². The highest BCUT2D eigenvalue weighted by atomic mass is 16.1. The summed E-state index contributed by atoms with van der Waals surface area (Å²) in [6.07, 6.45) is 5.54. The van der Waals surface area contributed by atoms with Crippen molar-refractivity contribution in [2.24, 2.45) is 5.92 Å². The summed E-state index contributed by atoms with van der Waals surface area (Å²) >= 11 is 0. The molecule has 4 nitrogen and oxygen atoms in total. The van der Waals surface area contributed by atoms with Crippen molar-refractivity contribution in [1.29, 1.82) is 0 Å². The number of nitrogens with zero attached hydrogens (tertiary/aromatic N) is 1. The Morgan fingerprint density at radius 1 is 1.26 bits per heavy atom. The summed E-state index contributed by atoms with van der Waals surface area (Å²) in [5, 5.41) is 6.38.